The van der Waals surface area contributed by atoms with Crippen molar-refractivity contribution in [2.45, 2.75) is 26.3 Å². The molecular formula is C11H16N2O4S2. The minimum absolute atomic E-state index is 0.103. The highest BCUT2D eigenvalue weighted by Gasteiger charge is 2.30. The van der Waals surface area contributed by atoms with Crippen molar-refractivity contribution in [3.63, 3.8) is 0 Å². The molecule has 0 aromatic carbocycles. The SMILES string of the molecule is CCOC(=O)c1c(C)nsc1NC1CCS(=O)(=O)C1. The first-order valence-corrected chi connectivity index (χ1v) is 8.62. The number of aryl methyl sites for hydroxylation is 1. The summed E-state index contributed by atoms with van der Waals surface area (Å²) >= 11 is 1.16. The molecule has 19 heavy (non-hydrogen) atoms. The third kappa shape index (κ3) is 3.24. The van der Waals surface area contributed by atoms with E-state index in [9.17, 15) is 13.2 Å². The van der Waals surface area contributed by atoms with Crippen molar-refractivity contribution < 1.29 is 17.9 Å². The number of anilines is 1. The average Bonchev–Trinajstić information content (AvgIpc) is 2.83. The normalized spacial score (nSPS) is 21.3. The molecule has 0 bridgehead atoms. The maximum absolute atomic E-state index is 11.8. The van der Waals surface area contributed by atoms with E-state index < -0.39 is 15.8 Å². The highest BCUT2D eigenvalue weighted by Crippen LogP contribution is 2.28. The van der Waals surface area contributed by atoms with E-state index in [-0.39, 0.29) is 17.5 Å². The van der Waals surface area contributed by atoms with Gasteiger partial charge in [-0.1, -0.05) is 0 Å². The summed E-state index contributed by atoms with van der Waals surface area (Å²) in [6.45, 7) is 3.77. The number of rotatable bonds is 4. The van der Waals surface area contributed by atoms with E-state index in [1.54, 1.807) is 13.8 Å². The molecule has 1 aromatic rings. The lowest BCUT2D eigenvalue weighted by molar-refractivity contribution is 0.0527. The van der Waals surface area contributed by atoms with Crippen LogP contribution in [0, 0.1) is 6.92 Å². The molecule has 2 heterocycles. The van der Waals surface area contributed by atoms with Crippen LogP contribution in [0.1, 0.15) is 29.4 Å². The molecule has 1 aliphatic rings. The van der Waals surface area contributed by atoms with Crippen LogP contribution in [-0.2, 0) is 14.6 Å². The Labute approximate surface area is 116 Å². The summed E-state index contributed by atoms with van der Waals surface area (Å²) in [7, 11) is -2.95. The topological polar surface area (TPSA) is 85.4 Å². The van der Waals surface area contributed by atoms with Gasteiger partial charge >= 0.3 is 5.97 Å². The third-order valence-corrected chi connectivity index (χ3v) is 5.55. The zero-order valence-corrected chi connectivity index (χ0v) is 12.4. The molecular weight excluding hydrogens is 288 g/mol. The standard InChI is InChI=1S/C11H16N2O4S2/c1-3-17-11(14)9-7(2)13-18-10(9)12-8-4-5-19(15,16)6-8/h8,12H,3-6H2,1-2H3. The quantitative estimate of drug-likeness (QED) is 0.842. The van der Waals surface area contributed by atoms with Gasteiger partial charge in [-0.15, -0.1) is 0 Å². The molecule has 0 saturated carbocycles. The van der Waals surface area contributed by atoms with E-state index in [1.165, 1.54) is 0 Å². The molecule has 2 rings (SSSR count). The predicted molar refractivity (Wildman–Crippen MR) is 73.5 cm³/mol. The second kappa shape index (κ2) is 5.46. The molecule has 1 aromatic heterocycles. The molecule has 1 saturated heterocycles. The Hall–Kier alpha value is -1.15. The van der Waals surface area contributed by atoms with Crippen LogP contribution in [0.4, 0.5) is 5.00 Å². The van der Waals surface area contributed by atoms with E-state index in [4.69, 9.17) is 4.74 Å². The van der Waals surface area contributed by atoms with Crippen molar-refractivity contribution in [1.29, 1.82) is 0 Å². The van der Waals surface area contributed by atoms with E-state index in [0.29, 0.717) is 29.3 Å². The Morgan fingerprint density at radius 1 is 1.58 bits per heavy atom. The molecule has 1 aliphatic heterocycles. The fraction of sp³-hybridized carbons (Fsp3) is 0.636. The van der Waals surface area contributed by atoms with E-state index in [1.807, 2.05) is 0 Å². The Bertz CT molecular complexity index is 580. The lowest BCUT2D eigenvalue weighted by Gasteiger charge is -2.11. The van der Waals surface area contributed by atoms with Crippen LogP contribution >= 0.6 is 11.5 Å². The Morgan fingerprint density at radius 2 is 2.32 bits per heavy atom. The lowest BCUT2D eigenvalue weighted by Crippen LogP contribution is -2.21. The van der Waals surface area contributed by atoms with Gasteiger partial charge in [0, 0.05) is 6.04 Å². The van der Waals surface area contributed by atoms with Gasteiger partial charge in [-0.05, 0) is 31.8 Å². The number of carbonyl (C=O) groups excluding carboxylic acids is 1. The second-order valence-corrected chi connectivity index (χ2v) is 7.44. The first kappa shape index (κ1) is 14.3. The van der Waals surface area contributed by atoms with Crippen LogP contribution in [0.3, 0.4) is 0 Å². The van der Waals surface area contributed by atoms with Gasteiger partial charge in [0.2, 0.25) is 0 Å². The number of esters is 1. The van der Waals surface area contributed by atoms with E-state index >= 15 is 0 Å². The molecule has 1 unspecified atom stereocenters. The van der Waals surface area contributed by atoms with Gasteiger partial charge in [-0.2, -0.15) is 4.37 Å². The van der Waals surface area contributed by atoms with Crippen LogP contribution in [0.5, 0.6) is 0 Å². The monoisotopic (exact) mass is 304 g/mol. The maximum atomic E-state index is 11.8. The highest BCUT2D eigenvalue weighted by molar-refractivity contribution is 7.91. The number of hydrogen-bond donors (Lipinski definition) is 1. The van der Waals surface area contributed by atoms with Crippen LogP contribution < -0.4 is 5.32 Å². The highest BCUT2D eigenvalue weighted by atomic mass is 32.2. The molecule has 0 amide bonds. The summed E-state index contributed by atoms with van der Waals surface area (Å²) in [6, 6.07) is -0.155. The summed E-state index contributed by atoms with van der Waals surface area (Å²) in [5.74, 6) is -0.124. The molecule has 0 spiro atoms. The van der Waals surface area contributed by atoms with Crippen molar-refractivity contribution >= 4 is 32.3 Å². The zero-order chi connectivity index (χ0) is 14.0. The van der Waals surface area contributed by atoms with E-state index in [0.717, 1.165) is 11.5 Å². The number of hydrogen-bond acceptors (Lipinski definition) is 7. The minimum Gasteiger partial charge on any atom is -0.462 e. The largest absolute Gasteiger partial charge is 0.462 e. The van der Waals surface area contributed by atoms with Crippen LogP contribution in [0.15, 0.2) is 0 Å². The second-order valence-electron chi connectivity index (χ2n) is 4.44. The molecule has 8 heteroatoms. The molecule has 106 valence electrons. The van der Waals surface area contributed by atoms with Gasteiger partial charge in [0.25, 0.3) is 0 Å². The number of carbonyl (C=O) groups is 1. The summed E-state index contributed by atoms with van der Waals surface area (Å²) < 4.78 is 31.9. The van der Waals surface area contributed by atoms with Gasteiger partial charge in [0.15, 0.2) is 9.84 Å². The molecule has 6 nitrogen and oxygen atoms in total. The summed E-state index contributed by atoms with van der Waals surface area (Å²) in [5.41, 5.74) is 1.02. The zero-order valence-electron chi connectivity index (χ0n) is 10.8. The summed E-state index contributed by atoms with van der Waals surface area (Å²) in [4.78, 5) is 11.8. The van der Waals surface area contributed by atoms with Crippen molar-refractivity contribution in [3.05, 3.63) is 11.3 Å². The first-order chi connectivity index (χ1) is 8.93. The minimum atomic E-state index is -2.95. The molecule has 1 atom stereocenters. The smallest absolute Gasteiger partial charge is 0.343 e. The number of ether oxygens (including phenoxy) is 1. The van der Waals surface area contributed by atoms with Gasteiger partial charge < -0.3 is 10.1 Å². The lowest BCUT2D eigenvalue weighted by atomic mass is 10.2. The van der Waals surface area contributed by atoms with Crippen molar-refractivity contribution in [2.75, 3.05) is 23.4 Å². The number of sulfone groups is 1. The molecule has 0 radical (unpaired) electrons. The van der Waals surface area contributed by atoms with Crippen LogP contribution in [-0.4, -0.2) is 42.9 Å². The number of nitrogens with one attached hydrogen (secondary N) is 1. The van der Waals surface area contributed by atoms with Crippen molar-refractivity contribution in [2.24, 2.45) is 0 Å². The van der Waals surface area contributed by atoms with Gasteiger partial charge in [0.05, 0.1) is 23.8 Å². The Morgan fingerprint density at radius 3 is 2.89 bits per heavy atom. The van der Waals surface area contributed by atoms with Crippen molar-refractivity contribution in [1.82, 2.24) is 4.37 Å². The number of nitrogens with zero attached hydrogens (tertiary/aromatic N) is 1. The molecule has 1 fully saturated rings. The van der Waals surface area contributed by atoms with Crippen molar-refractivity contribution in [3.8, 4) is 0 Å². The van der Waals surface area contributed by atoms with Crippen LogP contribution in [0.25, 0.3) is 0 Å². The van der Waals surface area contributed by atoms with Gasteiger partial charge in [-0.3, -0.25) is 0 Å². The maximum Gasteiger partial charge on any atom is 0.343 e. The van der Waals surface area contributed by atoms with Gasteiger partial charge in [0.1, 0.15) is 10.6 Å². The third-order valence-electron chi connectivity index (χ3n) is 2.91. The van der Waals surface area contributed by atoms with Gasteiger partial charge in [-0.25, -0.2) is 13.2 Å². The molecule has 1 N–H and O–H groups in total. The average molecular weight is 304 g/mol. The fourth-order valence-corrected chi connectivity index (χ4v) is 4.54. The Kier molecular flexibility index (Phi) is 4.10. The van der Waals surface area contributed by atoms with E-state index in [2.05, 4.69) is 9.69 Å². The summed E-state index contributed by atoms with van der Waals surface area (Å²) in [5, 5.41) is 3.70. The fourth-order valence-electron chi connectivity index (χ4n) is 2.01. The predicted octanol–water partition coefficient (Wildman–Crippen LogP) is 1.23. The van der Waals surface area contributed by atoms with Crippen LogP contribution in [0.2, 0.25) is 0 Å². The summed E-state index contributed by atoms with van der Waals surface area (Å²) in [6.07, 6.45) is 0.557. The Balaban J connectivity index is 2.15. The number of aromatic nitrogens is 1. The first-order valence-electron chi connectivity index (χ1n) is 6.03. The molecule has 0 aliphatic carbocycles.